The van der Waals surface area contributed by atoms with E-state index in [1.54, 1.807) is 0 Å². The van der Waals surface area contributed by atoms with Gasteiger partial charge in [0.15, 0.2) is 0 Å². The summed E-state index contributed by atoms with van der Waals surface area (Å²) in [6.45, 7) is 0. The molecule has 0 radical (unpaired) electrons. The molecular formula is C7H4ClF3N2O. The summed E-state index contributed by atoms with van der Waals surface area (Å²) < 4.78 is 37.2. The summed E-state index contributed by atoms with van der Waals surface area (Å²) in [5, 5.41) is -1.12. The average molecular weight is 225 g/mol. The number of halogens is 4. The number of alkyl halides is 2. The molecule has 76 valence electrons. The van der Waals surface area contributed by atoms with Crippen LogP contribution in [0.15, 0.2) is 6.07 Å². The molecule has 0 aromatic carbocycles. The minimum atomic E-state index is -2.98. The van der Waals surface area contributed by atoms with Gasteiger partial charge in [0.2, 0.25) is 5.95 Å². The molecule has 1 aromatic heterocycles. The van der Waals surface area contributed by atoms with Crippen LogP contribution in [0, 0.1) is 5.95 Å². The average Bonchev–Trinajstić information content (AvgIpc) is 2.08. The van der Waals surface area contributed by atoms with Gasteiger partial charge >= 0.3 is 0 Å². The van der Waals surface area contributed by atoms with Gasteiger partial charge in [-0.25, -0.2) is 13.8 Å². The van der Waals surface area contributed by atoms with Gasteiger partial charge in [-0.2, -0.15) is 4.39 Å². The fourth-order valence-electron chi connectivity index (χ4n) is 0.824. The summed E-state index contributed by atoms with van der Waals surface area (Å²) in [7, 11) is 0. The second-order valence-corrected chi connectivity index (χ2v) is 2.72. The summed E-state index contributed by atoms with van der Waals surface area (Å²) in [6.07, 6.45) is -2.98. The zero-order valence-corrected chi connectivity index (χ0v) is 7.36. The number of nitrogens with two attached hydrogens (primary N) is 1. The van der Waals surface area contributed by atoms with Crippen molar-refractivity contribution in [1.29, 1.82) is 0 Å². The molecule has 0 aliphatic carbocycles. The Labute approximate surface area is 81.7 Å². The summed E-state index contributed by atoms with van der Waals surface area (Å²) in [5.41, 5.74) is 2.82. The lowest BCUT2D eigenvalue weighted by Gasteiger charge is -2.05. The highest BCUT2D eigenvalue weighted by Gasteiger charge is 2.19. The quantitative estimate of drug-likeness (QED) is 0.618. The third-order valence-corrected chi connectivity index (χ3v) is 1.67. The molecular weight excluding hydrogens is 221 g/mol. The summed E-state index contributed by atoms with van der Waals surface area (Å²) >= 11 is 4.95. The number of anilines is 1. The van der Waals surface area contributed by atoms with Crippen molar-refractivity contribution in [1.82, 2.24) is 4.98 Å². The maximum Gasteiger partial charge on any atom is 0.270 e. The Bertz CT molecular complexity index is 383. The second-order valence-electron chi connectivity index (χ2n) is 2.38. The third-order valence-electron chi connectivity index (χ3n) is 1.48. The largest absolute Gasteiger partial charge is 0.395 e. The standard InChI is InChI=1S/C7H4ClF3N2O/c8-5(14)3-1-2(6(9)10)4(12)7(11)13-3/h1,6H,12H2. The number of hydrogen-bond donors (Lipinski definition) is 1. The van der Waals surface area contributed by atoms with Gasteiger partial charge in [-0.1, -0.05) is 0 Å². The molecule has 2 N–H and O–H groups in total. The first-order valence-corrected chi connectivity index (χ1v) is 3.75. The Kier molecular flexibility index (Phi) is 2.95. The van der Waals surface area contributed by atoms with Gasteiger partial charge in [-0.05, 0) is 17.7 Å². The SMILES string of the molecule is Nc1c(C(F)F)cc(C(=O)Cl)nc1F. The van der Waals surface area contributed by atoms with Crippen molar-refractivity contribution in [3.63, 3.8) is 0 Å². The van der Waals surface area contributed by atoms with E-state index in [1.165, 1.54) is 0 Å². The molecule has 0 aliphatic rings. The Morgan fingerprint density at radius 1 is 1.57 bits per heavy atom. The predicted molar refractivity (Wildman–Crippen MR) is 43.7 cm³/mol. The van der Waals surface area contributed by atoms with Crippen LogP contribution in [-0.4, -0.2) is 10.2 Å². The van der Waals surface area contributed by atoms with Crippen LogP contribution >= 0.6 is 11.6 Å². The van der Waals surface area contributed by atoms with Gasteiger partial charge in [-0.3, -0.25) is 4.79 Å². The number of carbonyl (C=O) groups excluding carboxylic acids is 1. The molecule has 1 aromatic rings. The molecule has 0 bridgehead atoms. The highest BCUT2D eigenvalue weighted by molar-refractivity contribution is 6.67. The molecule has 1 heterocycles. The monoisotopic (exact) mass is 224 g/mol. The maximum atomic E-state index is 12.8. The summed E-state index contributed by atoms with van der Waals surface area (Å²) in [6, 6.07) is 0.665. The topological polar surface area (TPSA) is 56.0 Å². The number of aromatic nitrogens is 1. The van der Waals surface area contributed by atoms with Gasteiger partial charge in [-0.15, -0.1) is 0 Å². The molecule has 3 nitrogen and oxygen atoms in total. The van der Waals surface area contributed by atoms with Crippen molar-refractivity contribution in [3.05, 3.63) is 23.3 Å². The first-order valence-electron chi connectivity index (χ1n) is 3.37. The van der Waals surface area contributed by atoms with E-state index >= 15 is 0 Å². The van der Waals surface area contributed by atoms with E-state index in [-0.39, 0.29) is 0 Å². The van der Waals surface area contributed by atoms with Crippen molar-refractivity contribution < 1.29 is 18.0 Å². The van der Waals surface area contributed by atoms with Crippen LogP contribution in [0.5, 0.6) is 0 Å². The van der Waals surface area contributed by atoms with Gasteiger partial charge < -0.3 is 5.73 Å². The van der Waals surface area contributed by atoms with E-state index in [4.69, 9.17) is 17.3 Å². The van der Waals surface area contributed by atoms with Crippen LogP contribution in [0.1, 0.15) is 22.5 Å². The van der Waals surface area contributed by atoms with E-state index in [9.17, 15) is 18.0 Å². The smallest absolute Gasteiger partial charge is 0.270 e. The van der Waals surface area contributed by atoms with E-state index in [2.05, 4.69) is 4.98 Å². The fraction of sp³-hybridized carbons (Fsp3) is 0.143. The first kappa shape index (κ1) is 10.8. The zero-order chi connectivity index (χ0) is 10.9. The van der Waals surface area contributed by atoms with E-state index < -0.39 is 34.6 Å². The van der Waals surface area contributed by atoms with Crippen molar-refractivity contribution in [2.45, 2.75) is 6.43 Å². The zero-order valence-electron chi connectivity index (χ0n) is 6.60. The molecule has 0 fully saturated rings. The van der Waals surface area contributed by atoms with Gasteiger partial charge in [0.05, 0.1) is 5.69 Å². The Morgan fingerprint density at radius 2 is 2.14 bits per heavy atom. The molecule has 0 amide bonds. The fourth-order valence-corrected chi connectivity index (χ4v) is 0.920. The third kappa shape index (κ3) is 1.95. The minimum Gasteiger partial charge on any atom is -0.395 e. The second kappa shape index (κ2) is 3.83. The molecule has 1 rings (SSSR count). The molecule has 0 saturated carbocycles. The number of nitrogen functional groups attached to an aromatic ring is 1. The Hall–Kier alpha value is -1.30. The molecule has 0 aliphatic heterocycles. The van der Waals surface area contributed by atoms with E-state index in [1.807, 2.05) is 0 Å². The highest BCUT2D eigenvalue weighted by atomic mass is 35.5. The van der Waals surface area contributed by atoms with Crippen molar-refractivity contribution in [2.24, 2.45) is 0 Å². The molecule has 7 heteroatoms. The highest BCUT2D eigenvalue weighted by Crippen LogP contribution is 2.27. The van der Waals surface area contributed by atoms with E-state index in [0.29, 0.717) is 6.07 Å². The lowest BCUT2D eigenvalue weighted by atomic mass is 10.2. The van der Waals surface area contributed by atoms with Crippen molar-refractivity contribution >= 4 is 22.5 Å². The van der Waals surface area contributed by atoms with Crippen LogP contribution in [0.25, 0.3) is 0 Å². The predicted octanol–water partition coefficient (Wildman–Crippen LogP) is 2.12. The molecule has 0 unspecified atom stereocenters. The van der Waals surface area contributed by atoms with Crippen molar-refractivity contribution in [2.75, 3.05) is 5.73 Å². The molecule has 0 spiro atoms. The van der Waals surface area contributed by atoms with Gasteiger partial charge in [0, 0.05) is 5.56 Å². The number of carbonyl (C=O) groups is 1. The van der Waals surface area contributed by atoms with Crippen LogP contribution in [0.2, 0.25) is 0 Å². The number of rotatable bonds is 2. The molecule has 0 saturated heterocycles. The Balaban J connectivity index is 3.35. The maximum absolute atomic E-state index is 12.8. The van der Waals surface area contributed by atoms with Gasteiger partial charge in [0.25, 0.3) is 11.7 Å². The molecule has 14 heavy (non-hydrogen) atoms. The van der Waals surface area contributed by atoms with Crippen LogP contribution in [0.3, 0.4) is 0 Å². The summed E-state index contributed by atoms with van der Waals surface area (Å²) in [4.78, 5) is 13.5. The van der Waals surface area contributed by atoms with E-state index in [0.717, 1.165) is 0 Å². The van der Waals surface area contributed by atoms with Gasteiger partial charge in [0.1, 0.15) is 5.69 Å². The first-order chi connectivity index (χ1) is 6.43. The number of pyridine rings is 1. The molecule has 0 atom stereocenters. The van der Waals surface area contributed by atoms with Crippen molar-refractivity contribution in [3.8, 4) is 0 Å². The normalized spacial score (nSPS) is 10.6. The lowest BCUT2D eigenvalue weighted by Crippen LogP contribution is -2.06. The number of nitrogens with zero attached hydrogens (tertiary/aromatic N) is 1. The van der Waals surface area contributed by atoms with Crippen LogP contribution in [0.4, 0.5) is 18.9 Å². The Morgan fingerprint density at radius 3 is 2.57 bits per heavy atom. The lowest BCUT2D eigenvalue weighted by molar-refractivity contribution is 0.107. The summed E-state index contributed by atoms with van der Waals surface area (Å²) in [5.74, 6) is -1.33. The minimum absolute atomic E-state index is 0.589. The number of hydrogen-bond acceptors (Lipinski definition) is 3. The van der Waals surface area contributed by atoms with Crippen LogP contribution in [-0.2, 0) is 0 Å². The van der Waals surface area contributed by atoms with Crippen LogP contribution < -0.4 is 5.73 Å².